The first-order valence-corrected chi connectivity index (χ1v) is 6.55. The molecule has 3 aromatic rings. The van der Waals surface area contributed by atoms with E-state index in [1.807, 2.05) is 35.9 Å². The monoisotopic (exact) mass is 288 g/mol. The van der Waals surface area contributed by atoms with Crippen molar-refractivity contribution in [2.45, 2.75) is 6.54 Å². The second-order valence-corrected chi connectivity index (χ2v) is 4.93. The number of carbonyl (C=O) groups excluding carboxylic acids is 1. The van der Waals surface area contributed by atoms with Crippen LogP contribution in [-0.4, -0.2) is 20.4 Å². The maximum atomic E-state index is 11.9. The third-order valence-electron chi connectivity index (χ3n) is 3.18. The Morgan fingerprint density at radius 2 is 2.25 bits per heavy atom. The Morgan fingerprint density at radius 3 is 2.95 bits per heavy atom. The van der Waals surface area contributed by atoms with Gasteiger partial charge in [0.2, 0.25) is 0 Å². The molecule has 2 N–H and O–H groups in total. The molecule has 0 aliphatic rings. The maximum absolute atomic E-state index is 11.9. The summed E-state index contributed by atoms with van der Waals surface area (Å²) in [6.45, 7) is 0.362. The fraction of sp³-hybridized carbons (Fsp3) is 0.143. The first kappa shape index (κ1) is 12.7. The average molecular weight is 289 g/mol. The second kappa shape index (κ2) is 5.02. The molecule has 0 spiro atoms. The molecule has 0 unspecified atom stereocenters. The molecule has 0 aliphatic carbocycles. The Balaban J connectivity index is 1.77. The Bertz CT molecular complexity index is 774. The average Bonchev–Trinajstić information content (AvgIpc) is 3.01. The lowest BCUT2D eigenvalue weighted by Crippen LogP contribution is -2.24. The van der Waals surface area contributed by atoms with E-state index in [4.69, 9.17) is 11.6 Å². The molecule has 0 bridgehead atoms. The van der Waals surface area contributed by atoms with E-state index in [1.54, 1.807) is 12.3 Å². The smallest absolute Gasteiger partial charge is 0.268 e. The highest BCUT2D eigenvalue weighted by molar-refractivity contribution is 6.30. The lowest BCUT2D eigenvalue weighted by molar-refractivity contribution is 0.0945. The van der Waals surface area contributed by atoms with Crippen molar-refractivity contribution in [2.75, 3.05) is 0 Å². The number of aromatic nitrogens is 3. The first-order chi connectivity index (χ1) is 9.65. The number of amides is 1. The number of aromatic amines is 1. The summed E-state index contributed by atoms with van der Waals surface area (Å²) in [6.07, 6.45) is 1.57. The van der Waals surface area contributed by atoms with Crippen molar-refractivity contribution in [3.8, 4) is 0 Å². The number of nitrogens with one attached hydrogen (secondary N) is 2. The van der Waals surface area contributed by atoms with Crippen LogP contribution in [0.3, 0.4) is 0 Å². The molecule has 5 nitrogen and oxygen atoms in total. The van der Waals surface area contributed by atoms with Gasteiger partial charge in [0.1, 0.15) is 11.5 Å². The molecule has 0 aliphatic heterocycles. The molecule has 0 saturated heterocycles. The summed E-state index contributed by atoms with van der Waals surface area (Å²) in [5, 5.41) is 3.33. The Kier molecular flexibility index (Phi) is 3.20. The fourth-order valence-electron chi connectivity index (χ4n) is 2.11. The topological polar surface area (TPSA) is 62.7 Å². The number of halogens is 1. The predicted octanol–water partition coefficient (Wildman–Crippen LogP) is 2.48. The zero-order valence-electron chi connectivity index (χ0n) is 10.9. The summed E-state index contributed by atoms with van der Waals surface area (Å²) < 4.78 is 1.97. The van der Waals surface area contributed by atoms with E-state index in [0.29, 0.717) is 17.3 Å². The van der Waals surface area contributed by atoms with E-state index in [0.717, 1.165) is 16.9 Å². The van der Waals surface area contributed by atoms with Gasteiger partial charge in [-0.2, -0.15) is 0 Å². The van der Waals surface area contributed by atoms with Gasteiger partial charge in [-0.15, -0.1) is 0 Å². The molecule has 20 heavy (non-hydrogen) atoms. The molecular formula is C14H13ClN4O. The van der Waals surface area contributed by atoms with E-state index in [2.05, 4.69) is 15.3 Å². The predicted molar refractivity (Wildman–Crippen MR) is 77.7 cm³/mol. The molecule has 3 rings (SSSR count). The van der Waals surface area contributed by atoms with Gasteiger partial charge in [0, 0.05) is 13.2 Å². The van der Waals surface area contributed by atoms with Crippen LogP contribution in [0.1, 0.15) is 16.3 Å². The van der Waals surface area contributed by atoms with Gasteiger partial charge < -0.3 is 14.9 Å². The Hall–Kier alpha value is -2.27. The van der Waals surface area contributed by atoms with Gasteiger partial charge in [-0.05, 0) is 18.2 Å². The third kappa shape index (κ3) is 2.28. The van der Waals surface area contributed by atoms with Crippen LogP contribution in [0.5, 0.6) is 0 Å². The van der Waals surface area contributed by atoms with Gasteiger partial charge in [-0.3, -0.25) is 4.79 Å². The minimum Gasteiger partial charge on any atom is -0.356 e. The molecule has 0 fully saturated rings. The highest BCUT2D eigenvalue weighted by Gasteiger charge is 2.11. The van der Waals surface area contributed by atoms with Gasteiger partial charge in [0.05, 0.1) is 22.6 Å². The van der Waals surface area contributed by atoms with Crippen LogP contribution in [0, 0.1) is 0 Å². The molecule has 1 amide bonds. The summed E-state index contributed by atoms with van der Waals surface area (Å²) in [5.74, 6) is 0.598. The molecule has 0 saturated carbocycles. The van der Waals surface area contributed by atoms with E-state index < -0.39 is 0 Å². The minimum atomic E-state index is -0.205. The largest absolute Gasteiger partial charge is 0.356 e. The number of hydrogen-bond donors (Lipinski definition) is 2. The lowest BCUT2D eigenvalue weighted by Gasteiger charge is -2.04. The number of nitrogens with zero attached hydrogens (tertiary/aromatic N) is 2. The Morgan fingerprint density at radius 1 is 1.45 bits per heavy atom. The molecule has 0 radical (unpaired) electrons. The van der Waals surface area contributed by atoms with Crippen LogP contribution in [0.4, 0.5) is 0 Å². The Labute approximate surface area is 120 Å². The molecule has 6 heteroatoms. The highest BCUT2D eigenvalue weighted by Crippen LogP contribution is 2.14. The SMILES string of the molecule is Cn1c(CNC(=O)c2cc(Cl)c[nH]2)nc2ccccc21. The van der Waals surface area contributed by atoms with Gasteiger partial charge in [0.15, 0.2) is 0 Å². The highest BCUT2D eigenvalue weighted by atomic mass is 35.5. The van der Waals surface area contributed by atoms with Crippen molar-refractivity contribution in [3.63, 3.8) is 0 Å². The molecule has 1 aromatic carbocycles. The second-order valence-electron chi connectivity index (χ2n) is 4.49. The number of rotatable bonds is 3. The zero-order valence-corrected chi connectivity index (χ0v) is 11.6. The van der Waals surface area contributed by atoms with Crippen LogP contribution in [0.2, 0.25) is 5.02 Å². The molecule has 2 aromatic heterocycles. The number of para-hydroxylation sites is 2. The summed E-state index contributed by atoms with van der Waals surface area (Å²) in [7, 11) is 1.93. The number of hydrogen-bond acceptors (Lipinski definition) is 2. The number of carbonyl (C=O) groups is 1. The number of aryl methyl sites for hydroxylation is 1. The van der Waals surface area contributed by atoms with Crippen LogP contribution in [0.15, 0.2) is 36.5 Å². The van der Waals surface area contributed by atoms with E-state index in [1.165, 1.54) is 0 Å². The standard InChI is InChI=1S/C14H13ClN4O/c1-19-12-5-3-2-4-10(12)18-13(19)8-17-14(20)11-6-9(15)7-16-11/h2-7,16H,8H2,1H3,(H,17,20). The van der Waals surface area contributed by atoms with E-state index in [-0.39, 0.29) is 5.91 Å². The van der Waals surface area contributed by atoms with Crippen LogP contribution in [-0.2, 0) is 13.6 Å². The van der Waals surface area contributed by atoms with Crippen molar-refractivity contribution >= 4 is 28.5 Å². The fourth-order valence-corrected chi connectivity index (χ4v) is 2.27. The van der Waals surface area contributed by atoms with E-state index in [9.17, 15) is 4.79 Å². The van der Waals surface area contributed by atoms with Crippen molar-refractivity contribution < 1.29 is 4.79 Å². The van der Waals surface area contributed by atoms with Crippen molar-refractivity contribution in [1.82, 2.24) is 19.9 Å². The molecular weight excluding hydrogens is 276 g/mol. The summed E-state index contributed by atoms with van der Waals surface area (Å²) in [5.41, 5.74) is 2.40. The van der Waals surface area contributed by atoms with Gasteiger partial charge in [-0.25, -0.2) is 4.98 Å². The van der Waals surface area contributed by atoms with Gasteiger partial charge in [0.25, 0.3) is 5.91 Å². The molecule has 2 heterocycles. The summed E-state index contributed by atoms with van der Waals surface area (Å²) in [4.78, 5) is 19.2. The van der Waals surface area contributed by atoms with E-state index >= 15 is 0 Å². The third-order valence-corrected chi connectivity index (χ3v) is 3.40. The summed E-state index contributed by atoms with van der Waals surface area (Å²) in [6, 6.07) is 9.45. The molecule has 0 atom stereocenters. The van der Waals surface area contributed by atoms with Crippen LogP contribution in [0.25, 0.3) is 11.0 Å². The minimum absolute atomic E-state index is 0.205. The normalized spacial score (nSPS) is 10.9. The number of fused-ring (bicyclic) bond motifs is 1. The van der Waals surface area contributed by atoms with Crippen LogP contribution >= 0.6 is 11.6 Å². The number of H-pyrrole nitrogens is 1. The van der Waals surface area contributed by atoms with Crippen molar-refractivity contribution in [2.24, 2.45) is 7.05 Å². The quantitative estimate of drug-likeness (QED) is 0.778. The summed E-state index contributed by atoms with van der Waals surface area (Å²) >= 11 is 5.77. The van der Waals surface area contributed by atoms with Crippen molar-refractivity contribution in [1.29, 1.82) is 0 Å². The number of imidazole rings is 1. The first-order valence-electron chi connectivity index (χ1n) is 6.17. The van der Waals surface area contributed by atoms with Gasteiger partial charge >= 0.3 is 0 Å². The van der Waals surface area contributed by atoms with Crippen molar-refractivity contribution in [3.05, 3.63) is 53.1 Å². The molecule has 102 valence electrons. The number of benzene rings is 1. The maximum Gasteiger partial charge on any atom is 0.268 e. The zero-order chi connectivity index (χ0) is 14.1. The van der Waals surface area contributed by atoms with Gasteiger partial charge in [-0.1, -0.05) is 23.7 Å². The lowest BCUT2D eigenvalue weighted by atomic mass is 10.3. The van der Waals surface area contributed by atoms with Crippen LogP contribution < -0.4 is 5.32 Å².